The summed E-state index contributed by atoms with van der Waals surface area (Å²) in [7, 11) is 0. The Morgan fingerprint density at radius 2 is 1.44 bits per heavy atom. The van der Waals surface area contributed by atoms with Gasteiger partial charge in [0.15, 0.2) is 0 Å². The maximum Gasteiger partial charge on any atom is 0.411 e. The average Bonchev–Trinajstić information content (AvgIpc) is 2.64. The summed E-state index contributed by atoms with van der Waals surface area (Å²) in [6.07, 6.45) is -0.495. The number of hydrogen-bond donors (Lipinski definition) is 1. The van der Waals surface area contributed by atoms with Crippen LogP contribution in [-0.4, -0.2) is 6.09 Å². The Labute approximate surface area is 154 Å². The fourth-order valence-corrected chi connectivity index (χ4v) is 2.39. The molecule has 0 fully saturated rings. The summed E-state index contributed by atoms with van der Waals surface area (Å²) in [6, 6.07) is 24.2. The third-order valence-electron chi connectivity index (χ3n) is 3.36. The second kappa shape index (κ2) is 8.35. The van der Waals surface area contributed by atoms with Crippen LogP contribution in [0.15, 0.2) is 83.3 Å². The van der Waals surface area contributed by atoms with Gasteiger partial charge in [0.25, 0.3) is 0 Å². The van der Waals surface area contributed by atoms with Crippen molar-refractivity contribution >= 4 is 27.7 Å². The molecule has 0 aliphatic rings. The highest BCUT2D eigenvalue weighted by molar-refractivity contribution is 9.10. The number of nitrogens with one attached hydrogen (secondary N) is 1. The summed E-state index contributed by atoms with van der Waals surface area (Å²) < 4.78 is 11.9. The van der Waals surface area contributed by atoms with Crippen molar-refractivity contribution in [2.75, 3.05) is 5.32 Å². The van der Waals surface area contributed by atoms with Crippen LogP contribution in [-0.2, 0) is 11.3 Å². The van der Waals surface area contributed by atoms with Gasteiger partial charge in [0.1, 0.15) is 18.1 Å². The molecule has 3 aromatic carbocycles. The topological polar surface area (TPSA) is 47.6 Å². The largest absolute Gasteiger partial charge is 0.457 e. The normalized spacial score (nSPS) is 10.1. The molecule has 0 atom stereocenters. The van der Waals surface area contributed by atoms with Crippen molar-refractivity contribution in [3.05, 3.63) is 88.9 Å². The van der Waals surface area contributed by atoms with Crippen LogP contribution in [0.4, 0.5) is 10.5 Å². The lowest BCUT2D eigenvalue weighted by atomic mass is 10.2. The van der Waals surface area contributed by atoms with E-state index in [2.05, 4.69) is 21.2 Å². The van der Waals surface area contributed by atoms with Gasteiger partial charge in [-0.15, -0.1) is 0 Å². The SMILES string of the molecule is O=C(Nc1ccc(Oc2ccc(Br)cc2)cc1)OCc1ccccc1. The van der Waals surface area contributed by atoms with Gasteiger partial charge in [-0.05, 0) is 54.1 Å². The number of ether oxygens (including phenoxy) is 2. The molecule has 4 nitrogen and oxygen atoms in total. The Balaban J connectivity index is 1.51. The van der Waals surface area contributed by atoms with Gasteiger partial charge in [0.2, 0.25) is 0 Å². The Kier molecular flexibility index (Phi) is 5.69. The third kappa shape index (κ3) is 5.36. The first-order valence-corrected chi connectivity index (χ1v) is 8.49. The van der Waals surface area contributed by atoms with Crippen LogP contribution in [0.25, 0.3) is 0 Å². The van der Waals surface area contributed by atoms with E-state index in [9.17, 15) is 4.79 Å². The summed E-state index contributed by atoms with van der Waals surface area (Å²) in [5, 5.41) is 2.69. The second-order valence-electron chi connectivity index (χ2n) is 5.27. The summed E-state index contributed by atoms with van der Waals surface area (Å²) in [5.41, 5.74) is 1.58. The number of rotatable bonds is 5. The lowest BCUT2D eigenvalue weighted by Crippen LogP contribution is -2.13. The van der Waals surface area contributed by atoms with Crippen molar-refractivity contribution in [2.24, 2.45) is 0 Å². The molecule has 1 N–H and O–H groups in total. The summed E-state index contributed by atoms with van der Waals surface area (Å²) in [5.74, 6) is 1.43. The number of anilines is 1. The number of benzene rings is 3. The molecule has 3 aromatic rings. The van der Waals surface area contributed by atoms with Gasteiger partial charge in [0, 0.05) is 10.2 Å². The molecule has 0 spiro atoms. The zero-order valence-corrected chi connectivity index (χ0v) is 14.9. The Morgan fingerprint density at radius 1 is 0.840 bits per heavy atom. The highest BCUT2D eigenvalue weighted by atomic mass is 79.9. The van der Waals surface area contributed by atoms with Crippen molar-refractivity contribution in [1.29, 1.82) is 0 Å². The molecule has 0 radical (unpaired) electrons. The molecule has 0 aromatic heterocycles. The van der Waals surface area contributed by atoms with Crippen LogP contribution in [0, 0.1) is 0 Å². The Hall–Kier alpha value is -2.79. The number of halogens is 1. The zero-order valence-electron chi connectivity index (χ0n) is 13.3. The highest BCUT2D eigenvalue weighted by Gasteiger charge is 2.04. The Morgan fingerprint density at radius 3 is 2.08 bits per heavy atom. The van der Waals surface area contributed by atoms with Crippen molar-refractivity contribution in [3.63, 3.8) is 0 Å². The molecule has 0 heterocycles. The second-order valence-corrected chi connectivity index (χ2v) is 6.18. The quantitative estimate of drug-likeness (QED) is 0.574. The molecule has 0 unspecified atom stereocenters. The third-order valence-corrected chi connectivity index (χ3v) is 3.89. The van der Waals surface area contributed by atoms with E-state index in [1.165, 1.54) is 0 Å². The van der Waals surface area contributed by atoms with E-state index in [4.69, 9.17) is 9.47 Å². The molecule has 1 amide bonds. The van der Waals surface area contributed by atoms with Crippen molar-refractivity contribution in [2.45, 2.75) is 6.61 Å². The first kappa shape index (κ1) is 17.0. The van der Waals surface area contributed by atoms with E-state index in [1.54, 1.807) is 24.3 Å². The number of carbonyl (C=O) groups excluding carboxylic acids is 1. The van der Waals surface area contributed by atoms with Gasteiger partial charge in [-0.1, -0.05) is 46.3 Å². The van der Waals surface area contributed by atoms with E-state index >= 15 is 0 Å². The predicted octanol–water partition coefficient (Wildman–Crippen LogP) is 5.99. The summed E-state index contributed by atoms with van der Waals surface area (Å²) >= 11 is 3.38. The van der Waals surface area contributed by atoms with E-state index in [-0.39, 0.29) is 6.61 Å². The van der Waals surface area contributed by atoms with Crippen molar-refractivity contribution in [1.82, 2.24) is 0 Å². The number of hydrogen-bond acceptors (Lipinski definition) is 3. The molecule has 0 saturated heterocycles. The summed E-state index contributed by atoms with van der Waals surface area (Å²) in [6.45, 7) is 0.234. The van der Waals surface area contributed by atoms with Gasteiger partial charge in [-0.2, -0.15) is 0 Å². The molecule has 0 bridgehead atoms. The minimum Gasteiger partial charge on any atom is -0.457 e. The van der Waals surface area contributed by atoms with E-state index < -0.39 is 6.09 Å². The van der Waals surface area contributed by atoms with Crippen molar-refractivity contribution < 1.29 is 14.3 Å². The first-order valence-electron chi connectivity index (χ1n) is 7.70. The zero-order chi connectivity index (χ0) is 17.5. The Bertz CT molecular complexity index is 818. The standard InChI is InChI=1S/C20H16BrNO3/c21-16-6-10-18(11-7-16)25-19-12-8-17(9-13-19)22-20(23)24-14-15-4-2-1-3-5-15/h1-13H,14H2,(H,22,23). The molecule has 25 heavy (non-hydrogen) atoms. The maximum absolute atomic E-state index is 11.8. The van der Waals surface area contributed by atoms with E-state index in [0.717, 1.165) is 15.8 Å². The monoisotopic (exact) mass is 397 g/mol. The van der Waals surface area contributed by atoms with Crippen LogP contribution >= 0.6 is 15.9 Å². The molecule has 0 aliphatic heterocycles. The number of amides is 1. The van der Waals surface area contributed by atoms with Gasteiger partial charge in [0.05, 0.1) is 0 Å². The van der Waals surface area contributed by atoms with Crippen LogP contribution in [0.3, 0.4) is 0 Å². The van der Waals surface area contributed by atoms with Crippen molar-refractivity contribution in [3.8, 4) is 11.5 Å². The minimum absolute atomic E-state index is 0.234. The maximum atomic E-state index is 11.8. The first-order chi connectivity index (χ1) is 12.2. The van der Waals surface area contributed by atoms with Gasteiger partial charge in [-0.3, -0.25) is 5.32 Å². The molecular formula is C20H16BrNO3. The van der Waals surface area contributed by atoms with Crippen LogP contribution < -0.4 is 10.1 Å². The van der Waals surface area contributed by atoms with Gasteiger partial charge >= 0.3 is 6.09 Å². The molecule has 126 valence electrons. The number of carbonyl (C=O) groups is 1. The average molecular weight is 398 g/mol. The molecule has 0 saturated carbocycles. The lowest BCUT2D eigenvalue weighted by molar-refractivity contribution is 0.155. The van der Waals surface area contributed by atoms with E-state index in [1.807, 2.05) is 54.6 Å². The van der Waals surface area contributed by atoms with Gasteiger partial charge < -0.3 is 9.47 Å². The lowest BCUT2D eigenvalue weighted by Gasteiger charge is -2.09. The highest BCUT2D eigenvalue weighted by Crippen LogP contribution is 2.24. The summed E-state index contributed by atoms with van der Waals surface area (Å²) in [4.78, 5) is 11.8. The van der Waals surface area contributed by atoms with Crippen LogP contribution in [0.2, 0.25) is 0 Å². The van der Waals surface area contributed by atoms with Crippen LogP contribution in [0.1, 0.15) is 5.56 Å². The fraction of sp³-hybridized carbons (Fsp3) is 0.0500. The molecule has 3 rings (SSSR count). The predicted molar refractivity (Wildman–Crippen MR) is 101 cm³/mol. The fourth-order valence-electron chi connectivity index (χ4n) is 2.12. The van der Waals surface area contributed by atoms with E-state index in [0.29, 0.717) is 11.4 Å². The minimum atomic E-state index is -0.495. The van der Waals surface area contributed by atoms with Gasteiger partial charge in [-0.25, -0.2) is 4.79 Å². The molecule has 0 aliphatic carbocycles. The smallest absolute Gasteiger partial charge is 0.411 e. The van der Waals surface area contributed by atoms with Crippen LogP contribution in [0.5, 0.6) is 11.5 Å². The molecular weight excluding hydrogens is 382 g/mol. The molecule has 5 heteroatoms.